The van der Waals surface area contributed by atoms with Gasteiger partial charge in [-0.05, 0) is 30.7 Å². The fourth-order valence-corrected chi connectivity index (χ4v) is 2.70. The Balaban J connectivity index is 1.66. The third-order valence-electron chi connectivity index (χ3n) is 3.60. The van der Waals surface area contributed by atoms with Crippen LogP contribution in [0.4, 0.5) is 5.88 Å². The lowest BCUT2D eigenvalue weighted by Crippen LogP contribution is -1.99. The maximum absolute atomic E-state index is 9.24. The van der Waals surface area contributed by atoms with E-state index >= 15 is 0 Å². The van der Waals surface area contributed by atoms with Crippen molar-refractivity contribution in [3.8, 4) is 11.8 Å². The number of benzene rings is 2. The van der Waals surface area contributed by atoms with Crippen molar-refractivity contribution in [1.82, 2.24) is 4.98 Å². The highest BCUT2D eigenvalue weighted by Crippen LogP contribution is 2.28. The molecular formula is C19H15Cl2N3O2. The minimum atomic E-state index is 0.0439. The number of nitrogens with zero attached hydrogens (tertiary/aromatic N) is 2. The maximum Gasteiger partial charge on any atom is 0.236 e. The molecule has 2 aromatic carbocycles. The third-order valence-corrected chi connectivity index (χ3v) is 4.13. The summed E-state index contributed by atoms with van der Waals surface area (Å²) < 4.78 is 11.2. The number of halogens is 2. The van der Waals surface area contributed by atoms with Gasteiger partial charge in [0.05, 0.1) is 5.02 Å². The summed E-state index contributed by atoms with van der Waals surface area (Å²) in [7, 11) is 0. The molecule has 1 heterocycles. The number of anilines is 1. The van der Waals surface area contributed by atoms with Crippen LogP contribution in [-0.2, 0) is 13.2 Å². The summed E-state index contributed by atoms with van der Waals surface area (Å²) in [6.07, 6.45) is 0. The first-order valence-electron chi connectivity index (χ1n) is 7.82. The number of nitrogens with one attached hydrogen (secondary N) is 1. The summed E-state index contributed by atoms with van der Waals surface area (Å²) >= 11 is 11.9. The number of ether oxygens (including phenoxy) is 1. The van der Waals surface area contributed by atoms with E-state index in [1.165, 1.54) is 5.56 Å². The molecular weight excluding hydrogens is 373 g/mol. The molecule has 0 aliphatic rings. The standard InChI is InChI=1S/C19H15Cl2N3O2/c1-12-2-4-13(5-3-12)10-23-19-16(9-22)24-18(26-19)11-25-17-7-6-14(20)8-15(17)21/h2-8,23H,10-11H2,1H3. The molecule has 5 nitrogen and oxygen atoms in total. The Labute approximate surface area is 161 Å². The zero-order chi connectivity index (χ0) is 18.5. The molecule has 0 bridgehead atoms. The molecule has 0 fully saturated rings. The number of oxazole rings is 1. The molecule has 3 rings (SSSR count). The summed E-state index contributed by atoms with van der Waals surface area (Å²) in [5.41, 5.74) is 2.44. The summed E-state index contributed by atoms with van der Waals surface area (Å²) in [6.45, 7) is 2.59. The smallest absolute Gasteiger partial charge is 0.236 e. The van der Waals surface area contributed by atoms with Crippen molar-refractivity contribution in [2.45, 2.75) is 20.1 Å². The van der Waals surface area contributed by atoms with Gasteiger partial charge < -0.3 is 14.5 Å². The van der Waals surface area contributed by atoms with Crippen LogP contribution in [-0.4, -0.2) is 4.98 Å². The summed E-state index contributed by atoms with van der Waals surface area (Å²) in [6, 6.07) is 15.0. The predicted molar refractivity (Wildman–Crippen MR) is 101 cm³/mol. The van der Waals surface area contributed by atoms with Crippen LogP contribution in [0, 0.1) is 18.3 Å². The maximum atomic E-state index is 9.24. The number of aromatic nitrogens is 1. The van der Waals surface area contributed by atoms with Crippen molar-refractivity contribution < 1.29 is 9.15 Å². The third kappa shape index (κ3) is 4.48. The van der Waals surface area contributed by atoms with Crippen molar-refractivity contribution in [3.63, 3.8) is 0 Å². The van der Waals surface area contributed by atoms with E-state index < -0.39 is 0 Å². The number of hydrogen-bond donors (Lipinski definition) is 1. The Hall–Kier alpha value is -2.68. The first-order valence-corrected chi connectivity index (χ1v) is 8.58. The zero-order valence-corrected chi connectivity index (χ0v) is 15.4. The largest absolute Gasteiger partial charge is 0.482 e. The van der Waals surface area contributed by atoms with Crippen LogP contribution in [0.3, 0.4) is 0 Å². The lowest BCUT2D eigenvalue weighted by Gasteiger charge is -2.06. The highest BCUT2D eigenvalue weighted by atomic mass is 35.5. The van der Waals surface area contributed by atoms with Crippen LogP contribution in [0.5, 0.6) is 5.75 Å². The Morgan fingerprint density at radius 3 is 2.65 bits per heavy atom. The van der Waals surface area contributed by atoms with Crippen LogP contribution in [0.25, 0.3) is 0 Å². The van der Waals surface area contributed by atoms with Gasteiger partial charge in [0.2, 0.25) is 17.5 Å². The summed E-state index contributed by atoms with van der Waals surface area (Å²) in [5, 5.41) is 13.2. The van der Waals surface area contributed by atoms with Gasteiger partial charge in [0, 0.05) is 11.6 Å². The Bertz CT molecular complexity index is 946. The molecule has 0 amide bonds. The molecule has 0 unspecified atom stereocenters. The molecule has 1 N–H and O–H groups in total. The number of aryl methyl sites for hydroxylation is 1. The van der Waals surface area contributed by atoms with E-state index in [1.807, 2.05) is 37.3 Å². The van der Waals surface area contributed by atoms with Crippen molar-refractivity contribution >= 4 is 29.1 Å². The minimum Gasteiger partial charge on any atom is -0.482 e. The molecule has 26 heavy (non-hydrogen) atoms. The fraction of sp³-hybridized carbons (Fsp3) is 0.158. The average molecular weight is 388 g/mol. The van der Waals surface area contributed by atoms with Crippen LogP contribution >= 0.6 is 23.2 Å². The fourth-order valence-electron chi connectivity index (χ4n) is 2.24. The van der Waals surface area contributed by atoms with Crippen LogP contribution in [0.2, 0.25) is 10.0 Å². The van der Waals surface area contributed by atoms with Gasteiger partial charge in [0.25, 0.3) is 0 Å². The number of hydrogen-bond acceptors (Lipinski definition) is 5. The molecule has 3 aromatic rings. The number of rotatable bonds is 6. The SMILES string of the molecule is Cc1ccc(CNc2oc(COc3ccc(Cl)cc3Cl)nc2C#N)cc1. The molecule has 1 aromatic heterocycles. The van der Waals surface area contributed by atoms with Crippen molar-refractivity contribution in [2.75, 3.05) is 5.32 Å². The Kier molecular flexibility index (Phi) is 5.67. The molecule has 0 radical (unpaired) electrons. The van der Waals surface area contributed by atoms with Gasteiger partial charge in [-0.25, -0.2) is 0 Å². The second-order valence-corrected chi connectivity index (χ2v) is 6.44. The average Bonchev–Trinajstić information content (AvgIpc) is 3.03. The number of nitriles is 1. The van der Waals surface area contributed by atoms with E-state index in [0.29, 0.717) is 28.2 Å². The lowest BCUT2D eigenvalue weighted by molar-refractivity contribution is 0.265. The molecule has 0 spiro atoms. The first-order chi connectivity index (χ1) is 12.5. The normalized spacial score (nSPS) is 10.4. The second kappa shape index (κ2) is 8.13. The second-order valence-electron chi connectivity index (χ2n) is 5.60. The highest BCUT2D eigenvalue weighted by Gasteiger charge is 2.14. The van der Waals surface area contributed by atoms with Gasteiger partial charge in [-0.2, -0.15) is 10.2 Å². The van der Waals surface area contributed by atoms with E-state index in [1.54, 1.807) is 18.2 Å². The van der Waals surface area contributed by atoms with E-state index in [-0.39, 0.29) is 18.2 Å². The first kappa shape index (κ1) is 18.1. The molecule has 0 saturated carbocycles. The molecule has 0 aliphatic heterocycles. The van der Waals surface area contributed by atoms with Gasteiger partial charge in [-0.15, -0.1) is 0 Å². The van der Waals surface area contributed by atoms with Gasteiger partial charge in [0.1, 0.15) is 11.8 Å². The van der Waals surface area contributed by atoms with Crippen molar-refractivity contribution in [2.24, 2.45) is 0 Å². The molecule has 132 valence electrons. The van der Waals surface area contributed by atoms with Gasteiger partial charge in [-0.1, -0.05) is 53.0 Å². The van der Waals surface area contributed by atoms with Gasteiger partial charge in [0.15, 0.2) is 6.61 Å². The Morgan fingerprint density at radius 1 is 1.19 bits per heavy atom. The van der Waals surface area contributed by atoms with E-state index in [2.05, 4.69) is 10.3 Å². The van der Waals surface area contributed by atoms with E-state index in [4.69, 9.17) is 32.4 Å². The van der Waals surface area contributed by atoms with Crippen LogP contribution in [0.15, 0.2) is 46.9 Å². The Morgan fingerprint density at radius 2 is 1.96 bits per heavy atom. The summed E-state index contributed by atoms with van der Waals surface area (Å²) in [5.74, 6) is 1.05. The zero-order valence-electron chi connectivity index (χ0n) is 13.9. The highest BCUT2D eigenvalue weighted by molar-refractivity contribution is 6.35. The van der Waals surface area contributed by atoms with E-state index in [9.17, 15) is 5.26 Å². The van der Waals surface area contributed by atoms with Crippen LogP contribution in [0.1, 0.15) is 22.7 Å². The van der Waals surface area contributed by atoms with Crippen molar-refractivity contribution in [1.29, 1.82) is 5.26 Å². The molecule has 0 aliphatic carbocycles. The molecule has 7 heteroatoms. The molecule has 0 atom stereocenters. The van der Waals surface area contributed by atoms with Crippen molar-refractivity contribution in [3.05, 3.63) is 75.2 Å². The van der Waals surface area contributed by atoms with Gasteiger partial charge in [-0.3, -0.25) is 0 Å². The predicted octanol–water partition coefficient (Wildman–Crippen LogP) is 5.35. The summed E-state index contributed by atoms with van der Waals surface area (Å²) in [4.78, 5) is 4.13. The minimum absolute atomic E-state index is 0.0439. The van der Waals surface area contributed by atoms with Crippen LogP contribution < -0.4 is 10.1 Å². The molecule has 0 saturated heterocycles. The lowest BCUT2D eigenvalue weighted by atomic mass is 10.1. The topological polar surface area (TPSA) is 71.1 Å². The van der Waals surface area contributed by atoms with E-state index in [0.717, 1.165) is 5.56 Å². The monoisotopic (exact) mass is 387 g/mol. The van der Waals surface area contributed by atoms with Gasteiger partial charge >= 0.3 is 0 Å². The quantitative estimate of drug-likeness (QED) is 0.616.